The van der Waals surface area contributed by atoms with Crippen molar-refractivity contribution in [1.82, 2.24) is 29.9 Å². The fraction of sp³-hybridized carbons (Fsp3) is 0.409. The molecule has 0 saturated carbocycles. The van der Waals surface area contributed by atoms with Crippen molar-refractivity contribution in [3.63, 3.8) is 0 Å². The van der Waals surface area contributed by atoms with Crippen LogP contribution in [0.1, 0.15) is 12.8 Å². The number of carbonyl (C=O) groups excluding carboxylic acids is 1. The SMILES string of the molecule is O=C(C1CCCN(c2ccc(-n3cncn3)nn2)C1)N1CCN(c2ccc(F)c(Cl)c2)CC1. The third kappa shape index (κ3) is 4.61. The second-order valence-corrected chi connectivity index (χ2v) is 8.69. The van der Waals surface area contributed by atoms with Gasteiger partial charge in [-0.2, -0.15) is 5.10 Å². The number of halogens is 2. The highest BCUT2D eigenvalue weighted by Crippen LogP contribution is 2.26. The van der Waals surface area contributed by atoms with Gasteiger partial charge in [-0.1, -0.05) is 11.6 Å². The van der Waals surface area contributed by atoms with E-state index in [-0.39, 0.29) is 16.8 Å². The van der Waals surface area contributed by atoms with Crippen LogP contribution in [0.25, 0.3) is 5.82 Å². The first-order valence-electron chi connectivity index (χ1n) is 11.0. The van der Waals surface area contributed by atoms with Gasteiger partial charge in [0.1, 0.15) is 18.5 Å². The van der Waals surface area contributed by atoms with Gasteiger partial charge in [0.05, 0.1) is 10.9 Å². The molecular formula is C22H24ClFN8O. The number of carbonyl (C=O) groups is 1. The Hall–Kier alpha value is -3.27. The van der Waals surface area contributed by atoms with Crippen molar-refractivity contribution in [1.29, 1.82) is 0 Å². The number of aromatic nitrogens is 5. The molecule has 2 aliphatic heterocycles. The summed E-state index contributed by atoms with van der Waals surface area (Å²) in [5, 5.41) is 12.8. The summed E-state index contributed by atoms with van der Waals surface area (Å²) in [6.07, 6.45) is 4.82. The molecule has 2 fully saturated rings. The average Bonchev–Trinajstić information content (AvgIpc) is 3.41. The summed E-state index contributed by atoms with van der Waals surface area (Å²) in [6, 6.07) is 8.51. The maximum absolute atomic E-state index is 13.5. The first-order valence-corrected chi connectivity index (χ1v) is 11.4. The van der Waals surface area contributed by atoms with Gasteiger partial charge in [-0.15, -0.1) is 10.2 Å². The summed E-state index contributed by atoms with van der Waals surface area (Å²) in [7, 11) is 0. The molecule has 2 aliphatic rings. The topological polar surface area (TPSA) is 83.3 Å². The van der Waals surface area contributed by atoms with Crippen molar-refractivity contribution in [3.05, 3.63) is 53.8 Å². The molecule has 0 aliphatic carbocycles. The summed E-state index contributed by atoms with van der Waals surface area (Å²) in [5.74, 6) is 1.05. The lowest BCUT2D eigenvalue weighted by molar-refractivity contribution is -0.136. The Labute approximate surface area is 195 Å². The third-order valence-corrected chi connectivity index (χ3v) is 6.53. The normalized spacial score (nSPS) is 19.1. The second kappa shape index (κ2) is 9.30. The van der Waals surface area contributed by atoms with Crippen molar-refractivity contribution >= 4 is 29.0 Å². The van der Waals surface area contributed by atoms with E-state index in [1.165, 1.54) is 12.4 Å². The maximum atomic E-state index is 13.5. The standard InChI is InChI=1S/C22H24ClFN8O/c23-18-12-17(3-4-19(18)24)29-8-10-30(11-9-29)22(33)16-2-1-7-31(13-16)20-5-6-21(28-27-20)32-15-25-14-26-32/h3-6,12,14-16H,1-2,7-11,13H2. The van der Waals surface area contributed by atoms with Crippen LogP contribution in [0, 0.1) is 11.7 Å². The van der Waals surface area contributed by atoms with Crippen LogP contribution in [-0.4, -0.2) is 75.0 Å². The Bertz CT molecular complexity index is 1100. The molecule has 3 aromatic rings. The first-order chi connectivity index (χ1) is 16.1. The highest BCUT2D eigenvalue weighted by Gasteiger charge is 2.31. The minimum absolute atomic E-state index is 0.0673. The van der Waals surface area contributed by atoms with Gasteiger partial charge in [0.15, 0.2) is 11.6 Å². The van der Waals surface area contributed by atoms with Gasteiger partial charge in [0, 0.05) is 45.0 Å². The number of hydrogen-bond donors (Lipinski definition) is 0. The van der Waals surface area contributed by atoms with Gasteiger partial charge < -0.3 is 14.7 Å². The Morgan fingerprint density at radius 1 is 1.00 bits per heavy atom. The molecular weight excluding hydrogens is 447 g/mol. The molecule has 0 bridgehead atoms. The molecule has 0 radical (unpaired) electrons. The number of benzene rings is 1. The van der Waals surface area contributed by atoms with Crippen LogP contribution in [-0.2, 0) is 4.79 Å². The second-order valence-electron chi connectivity index (χ2n) is 8.29. The molecule has 2 aromatic heterocycles. The highest BCUT2D eigenvalue weighted by atomic mass is 35.5. The van der Waals surface area contributed by atoms with Crippen LogP contribution >= 0.6 is 11.6 Å². The van der Waals surface area contributed by atoms with Gasteiger partial charge in [-0.05, 0) is 43.2 Å². The predicted octanol–water partition coefficient (Wildman–Crippen LogP) is 2.42. The third-order valence-electron chi connectivity index (χ3n) is 6.24. The molecule has 1 amide bonds. The van der Waals surface area contributed by atoms with E-state index in [4.69, 9.17) is 11.6 Å². The number of hydrogen-bond acceptors (Lipinski definition) is 7. The monoisotopic (exact) mass is 470 g/mol. The summed E-state index contributed by atoms with van der Waals surface area (Å²) in [5.41, 5.74) is 0.880. The number of piperidine rings is 1. The maximum Gasteiger partial charge on any atom is 0.227 e. The van der Waals surface area contributed by atoms with Gasteiger partial charge >= 0.3 is 0 Å². The van der Waals surface area contributed by atoms with Crippen LogP contribution < -0.4 is 9.80 Å². The Morgan fingerprint density at radius 2 is 1.79 bits per heavy atom. The average molecular weight is 471 g/mol. The minimum Gasteiger partial charge on any atom is -0.368 e. The zero-order valence-electron chi connectivity index (χ0n) is 18.0. The highest BCUT2D eigenvalue weighted by molar-refractivity contribution is 6.31. The lowest BCUT2D eigenvalue weighted by atomic mass is 9.96. The van der Waals surface area contributed by atoms with E-state index in [0.29, 0.717) is 38.5 Å². The lowest BCUT2D eigenvalue weighted by Crippen LogP contribution is -2.52. The van der Waals surface area contributed by atoms with E-state index in [2.05, 4.69) is 30.1 Å². The summed E-state index contributed by atoms with van der Waals surface area (Å²) in [4.78, 5) is 23.4. The number of anilines is 2. The molecule has 172 valence electrons. The molecule has 9 nitrogen and oxygen atoms in total. The van der Waals surface area contributed by atoms with Crippen LogP contribution in [0.5, 0.6) is 0 Å². The molecule has 0 spiro atoms. The number of rotatable bonds is 4. The van der Waals surface area contributed by atoms with E-state index in [1.807, 2.05) is 17.0 Å². The molecule has 33 heavy (non-hydrogen) atoms. The van der Waals surface area contributed by atoms with Crippen LogP contribution in [0.3, 0.4) is 0 Å². The molecule has 4 heterocycles. The number of nitrogens with zero attached hydrogens (tertiary/aromatic N) is 8. The van der Waals surface area contributed by atoms with Crippen molar-refractivity contribution in [3.8, 4) is 5.82 Å². The van der Waals surface area contributed by atoms with Crippen molar-refractivity contribution in [2.24, 2.45) is 5.92 Å². The van der Waals surface area contributed by atoms with Gasteiger partial charge in [0.2, 0.25) is 5.91 Å². The van der Waals surface area contributed by atoms with Gasteiger partial charge in [0.25, 0.3) is 0 Å². The van der Waals surface area contributed by atoms with Crippen molar-refractivity contribution < 1.29 is 9.18 Å². The Balaban J connectivity index is 1.18. The summed E-state index contributed by atoms with van der Waals surface area (Å²) < 4.78 is 15.0. The number of piperazine rings is 1. The van der Waals surface area contributed by atoms with E-state index in [9.17, 15) is 9.18 Å². The largest absolute Gasteiger partial charge is 0.368 e. The molecule has 2 saturated heterocycles. The van der Waals surface area contributed by atoms with E-state index < -0.39 is 5.82 Å². The molecule has 1 aromatic carbocycles. The van der Waals surface area contributed by atoms with E-state index >= 15 is 0 Å². The van der Waals surface area contributed by atoms with E-state index in [0.717, 1.165) is 30.9 Å². The van der Waals surface area contributed by atoms with Gasteiger partial charge in [-0.3, -0.25) is 4.79 Å². The predicted molar refractivity (Wildman–Crippen MR) is 122 cm³/mol. The van der Waals surface area contributed by atoms with E-state index in [1.54, 1.807) is 23.1 Å². The van der Waals surface area contributed by atoms with Crippen molar-refractivity contribution in [2.75, 3.05) is 49.1 Å². The van der Waals surface area contributed by atoms with Crippen LogP contribution in [0.15, 0.2) is 43.0 Å². The molecule has 11 heteroatoms. The van der Waals surface area contributed by atoms with Gasteiger partial charge in [-0.25, -0.2) is 14.1 Å². The fourth-order valence-electron chi connectivity index (χ4n) is 4.45. The van der Waals surface area contributed by atoms with Crippen LogP contribution in [0.2, 0.25) is 5.02 Å². The fourth-order valence-corrected chi connectivity index (χ4v) is 4.62. The first kappa shape index (κ1) is 21.6. The van der Waals surface area contributed by atoms with Crippen molar-refractivity contribution in [2.45, 2.75) is 12.8 Å². The smallest absolute Gasteiger partial charge is 0.227 e. The molecule has 1 unspecified atom stereocenters. The number of amides is 1. The Morgan fingerprint density at radius 3 is 2.48 bits per heavy atom. The zero-order chi connectivity index (χ0) is 22.8. The summed E-state index contributed by atoms with van der Waals surface area (Å²) in [6.45, 7) is 4.14. The van der Waals surface area contributed by atoms with Crippen LogP contribution in [0.4, 0.5) is 15.9 Å². The summed E-state index contributed by atoms with van der Waals surface area (Å²) >= 11 is 5.92. The zero-order valence-corrected chi connectivity index (χ0v) is 18.8. The quantitative estimate of drug-likeness (QED) is 0.579. The Kier molecular flexibility index (Phi) is 6.08. The molecule has 5 rings (SSSR count). The molecule has 0 N–H and O–H groups in total. The lowest BCUT2D eigenvalue weighted by Gasteiger charge is -2.40. The minimum atomic E-state index is -0.422. The molecule has 1 atom stereocenters.